The van der Waals surface area contributed by atoms with Gasteiger partial charge in [0.05, 0.1) is 6.61 Å². The smallest absolute Gasteiger partial charge is 0.328 e. The monoisotopic (exact) mass is 292 g/mol. The van der Waals surface area contributed by atoms with Crippen LogP contribution in [0.15, 0.2) is 42.5 Å². The predicted molar refractivity (Wildman–Crippen MR) is 74.9 cm³/mol. The average molecular weight is 292 g/mol. The van der Waals surface area contributed by atoms with Gasteiger partial charge in [0, 0.05) is 18.7 Å². The molecule has 0 bridgehead atoms. The summed E-state index contributed by atoms with van der Waals surface area (Å²) in [6, 6.07) is 8.57. The number of carbonyl (C=O) groups excluding carboxylic acids is 2. The summed E-state index contributed by atoms with van der Waals surface area (Å²) in [7, 11) is 0. The lowest BCUT2D eigenvalue weighted by Gasteiger charge is -2.07. The molecule has 0 fully saturated rings. The molecule has 0 atom stereocenters. The number of benzene rings is 1. The van der Waals surface area contributed by atoms with E-state index in [0.29, 0.717) is 25.6 Å². The summed E-state index contributed by atoms with van der Waals surface area (Å²) in [5.74, 6) is -1.31. The van der Waals surface area contributed by atoms with Crippen molar-refractivity contribution in [2.45, 2.75) is 6.42 Å². The quantitative estimate of drug-likeness (QED) is 0.512. The second-order valence-corrected chi connectivity index (χ2v) is 3.93. The Bertz CT molecular complexity index is 513. The molecule has 1 aromatic rings. The van der Waals surface area contributed by atoms with Gasteiger partial charge in [-0.05, 0) is 18.6 Å². The number of nitrogens with one attached hydrogen (secondary N) is 2. The summed E-state index contributed by atoms with van der Waals surface area (Å²) in [5, 5.41) is 12.7. The zero-order valence-electron chi connectivity index (χ0n) is 11.2. The Kier molecular flexibility index (Phi) is 7.06. The van der Waals surface area contributed by atoms with Crippen molar-refractivity contribution >= 4 is 17.9 Å². The number of ether oxygens (including phenoxy) is 1. The van der Waals surface area contributed by atoms with E-state index < -0.39 is 17.9 Å². The largest absolute Gasteiger partial charge is 0.494 e. The van der Waals surface area contributed by atoms with Crippen LogP contribution in [0.5, 0.6) is 5.75 Å². The third-order valence-electron chi connectivity index (χ3n) is 2.23. The Hall–Kier alpha value is -2.83. The van der Waals surface area contributed by atoms with Crippen molar-refractivity contribution in [3.8, 4) is 5.75 Å². The minimum absolute atomic E-state index is 0.328. The van der Waals surface area contributed by atoms with E-state index in [0.717, 1.165) is 11.8 Å². The van der Waals surface area contributed by atoms with Crippen molar-refractivity contribution in [2.24, 2.45) is 0 Å². The van der Waals surface area contributed by atoms with E-state index in [-0.39, 0.29) is 0 Å². The topological polar surface area (TPSA) is 105 Å². The number of carboxylic acid groups (broad SMARTS) is 1. The van der Waals surface area contributed by atoms with Crippen LogP contribution in [0, 0.1) is 0 Å². The first kappa shape index (κ1) is 16.2. The number of aliphatic carboxylic acids is 1. The van der Waals surface area contributed by atoms with Gasteiger partial charge in [-0.25, -0.2) is 9.59 Å². The molecule has 7 nitrogen and oxygen atoms in total. The van der Waals surface area contributed by atoms with Crippen molar-refractivity contribution in [1.29, 1.82) is 0 Å². The molecule has 21 heavy (non-hydrogen) atoms. The van der Waals surface area contributed by atoms with Gasteiger partial charge < -0.3 is 15.2 Å². The highest BCUT2D eigenvalue weighted by molar-refractivity contribution is 6.02. The van der Waals surface area contributed by atoms with E-state index in [1.807, 2.05) is 35.6 Å². The van der Waals surface area contributed by atoms with Gasteiger partial charge in [0.25, 0.3) is 5.91 Å². The first-order valence-electron chi connectivity index (χ1n) is 6.25. The number of carboxylic acids is 1. The van der Waals surface area contributed by atoms with Crippen LogP contribution >= 0.6 is 0 Å². The molecule has 0 heterocycles. The van der Waals surface area contributed by atoms with E-state index in [4.69, 9.17) is 9.84 Å². The predicted octanol–water partition coefficient (Wildman–Crippen LogP) is 0.922. The van der Waals surface area contributed by atoms with Crippen LogP contribution in [0.3, 0.4) is 0 Å². The van der Waals surface area contributed by atoms with Gasteiger partial charge in [0.2, 0.25) is 0 Å². The fraction of sp³-hybridized carbons (Fsp3) is 0.214. The highest BCUT2D eigenvalue weighted by Gasteiger charge is 2.04. The number of urea groups is 1. The summed E-state index contributed by atoms with van der Waals surface area (Å²) >= 11 is 0. The number of hydrogen-bond donors (Lipinski definition) is 3. The van der Waals surface area contributed by atoms with E-state index in [1.54, 1.807) is 0 Å². The van der Waals surface area contributed by atoms with Crippen molar-refractivity contribution in [1.82, 2.24) is 10.6 Å². The Morgan fingerprint density at radius 3 is 2.52 bits per heavy atom. The third-order valence-corrected chi connectivity index (χ3v) is 2.23. The van der Waals surface area contributed by atoms with Crippen LogP contribution in [0.1, 0.15) is 6.42 Å². The zero-order chi connectivity index (χ0) is 15.5. The number of hydrogen-bond acceptors (Lipinski definition) is 4. The van der Waals surface area contributed by atoms with E-state index >= 15 is 0 Å². The lowest BCUT2D eigenvalue weighted by Crippen LogP contribution is -2.39. The Labute approximate surface area is 121 Å². The summed E-state index contributed by atoms with van der Waals surface area (Å²) < 4.78 is 5.42. The van der Waals surface area contributed by atoms with E-state index in [1.165, 1.54) is 0 Å². The summed E-state index contributed by atoms with van der Waals surface area (Å²) in [5.41, 5.74) is 0. The maximum Gasteiger partial charge on any atom is 0.328 e. The zero-order valence-corrected chi connectivity index (χ0v) is 11.2. The van der Waals surface area contributed by atoms with Gasteiger partial charge in [0.15, 0.2) is 0 Å². The SMILES string of the molecule is O=C(O)C=CC(=O)NC(=O)NCCCOc1ccccc1. The number of carbonyl (C=O) groups is 3. The number of para-hydroxylation sites is 1. The molecule has 0 radical (unpaired) electrons. The third kappa shape index (κ3) is 8.04. The second kappa shape index (κ2) is 9.13. The molecule has 0 saturated carbocycles. The molecule has 0 aliphatic carbocycles. The first-order chi connectivity index (χ1) is 10.1. The summed E-state index contributed by atoms with van der Waals surface area (Å²) in [6.45, 7) is 0.756. The average Bonchev–Trinajstić information content (AvgIpc) is 2.46. The lowest BCUT2D eigenvalue weighted by atomic mass is 10.3. The van der Waals surface area contributed by atoms with Gasteiger partial charge in [-0.15, -0.1) is 0 Å². The molecule has 0 saturated heterocycles. The van der Waals surface area contributed by atoms with Gasteiger partial charge in [-0.3, -0.25) is 10.1 Å². The lowest BCUT2D eigenvalue weighted by molar-refractivity contribution is -0.131. The molecule has 0 aromatic heterocycles. The minimum atomic E-state index is -1.26. The van der Waals surface area contributed by atoms with Crippen LogP contribution < -0.4 is 15.4 Å². The van der Waals surface area contributed by atoms with Crippen molar-refractivity contribution in [3.63, 3.8) is 0 Å². The van der Waals surface area contributed by atoms with Crippen LogP contribution in [0.4, 0.5) is 4.79 Å². The Morgan fingerprint density at radius 2 is 1.86 bits per heavy atom. The number of amides is 3. The maximum atomic E-state index is 11.3. The van der Waals surface area contributed by atoms with E-state index in [2.05, 4.69) is 5.32 Å². The Morgan fingerprint density at radius 1 is 1.14 bits per heavy atom. The summed E-state index contributed by atoms with van der Waals surface area (Å²) in [6.07, 6.45) is 1.98. The molecule has 112 valence electrons. The fourth-order valence-electron chi connectivity index (χ4n) is 1.33. The number of rotatable bonds is 7. The molecule has 1 aromatic carbocycles. The van der Waals surface area contributed by atoms with Gasteiger partial charge in [0.1, 0.15) is 5.75 Å². The number of imide groups is 1. The van der Waals surface area contributed by atoms with Crippen molar-refractivity contribution < 1.29 is 24.2 Å². The standard InChI is InChI=1S/C14H16N2O5/c17-12(7-8-13(18)19)16-14(20)15-9-4-10-21-11-5-2-1-3-6-11/h1-3,5-8H,4,9-10H2,(H,18,19)(H2,15,16,17,20). The molecule has 0 aliphatic heterocycles. The highest BCUT2D eigenvalue weighted by atomic mass is 16.5. The molecular weight excluding hydrogens is 276 g/mol. The fourth-order valence-corrected chi connectivity index (χ4v) is 1.33. The minimum Gasteiger partial charge on any atom is -0.494 e. The second-order valence-electron chi connectivity index (χ2n) is 3.93. The first-order valence-corrected chi connectivity index (χ1v) is 6.25. The van der Waals surface area contributed by atoms with Crippen LogP contribution in [0.2, 0.25) is 0 Å². The molecular formula is C14H16N2O5. The van der Waals surface area contributed by atoms with Gasteiger partial charge in [-0.2, -0.15) is 0 Å². The van der Waals surface area contributed by atoms with Crippen LogP contribution in [-0.4, -0.2) is 36.2 Å². The normalized spacial score (nSPS) is 10.1. The van der Waals surface area contributed by atoms with E-state index in [9.17, 15) is 14.4 Å². The Balaban J connectivity index is 2.11. The summed E-state index contributed by atoms with van der Waals surface area (Å²) in [4.78, 5) is 32.5. The molecule has 3 amide bonds. The van der Waals surface area contributed by atoms with Crippen LogP contribution in [-0.2, 0) is 9.59 Å². The van der Waals surface area contributed by atoms with Crippen molar-refractivity contribution in [2.75, 3.05) is 13.2 Å². The van der Waals surface area contributed by atoms with Crippen molar-refractivity contribution in [3.05, 3.63) is 42.5 Å². The van der Waals surface area contributed by atoms with Gasteiger partial charge >= 0.3 is 12.0 Å². The molecule has 0 unspecified atom stereocenters. The van der Waals surface area contributed by atoms with Gasteiger partial charge in [-0.1, -0.05) is 18.2 Å². The molecule has 0 aliphatic rings. The molecule has 1 rings (SSSR count). The van der Waals surface area contributed by atoms with Crippen LogP contribution in [0.25, 0.3) is 0 Å². The molecule has 3 N–H and O–H groups in total. The maximum absolute atomic E-state index is 11.3. The highest BCUT2D eigenvalue weighted by Crippen LogP contribution is 2.07. The molecule has 7 heteroatoms. The molecule has 0 spiro atoms.